The maximum atomic E-state index is 12.1. The Morgan fingerprint density at radius 1 is 0.656 bits per heavy atom. The zero-order chi connectivity index (χ0) is 23.3. The molecule has 0 aromatic heterocycles. The quantitative estimate of drug-likeness (QED) is 0.437. The van der Waals surface area contributed by atoms with Gasteiger partial charge >= 0.3 is 11.9 Å². The number of hydrogen-bond donors (Lipinski definition) is 0. The van der Waals surface area contributed by atoms with Crippen molar-refractivity contribution in [3.8, 4) is 11.1 Å². The van der Waals surface area contributed by atoms with E-state index in [1.165, 1.54) is 0 Å². The topological polar surface area (TPSA) is 59.1 Å². The minimum Gasteiger partial charge on any atom is -0.461 e. The molecule has 0 fully saturated rings. The third-order valence-corrected chi connectivity index (χ3v) is 5.07. The van der Waals surface area contributed by atoms with Crippen LogP contribution < -0.4 is 0 Å². The zero-order valence-electron chi connectivity index (χ0n) is 19.8. The van der Waals surface area contributed by atoms with E-state index < -0.39 is 0 Å². The summed E-state index contributed by atoms with van der Waals surface area (Å²) >= 11 is 0. The molecule has 0 saturated heterocycles. The molecule has 2 rings (SSSR count). The van der Waals surface area contributed by atoms with E-state index >= 15 is 0 Å². The summed E-state index contributed by atoms with van der Waals surface area (Å²) in [5, 5.41) is 0. The minimum absolute atomic E-state index is 0.193. The molecule has 0 amide bonds. The van der Waals surface area contributed by atoms with E-state index in [1.54, 1.807) is 0 Å². The maximum Gasteiger partial charge on any atom is 0.306 e. The van der Waals surface area contributed by atoms with Crippen molar-refractivity contribution in [2.24, 2.45) is 0 Å². The molecule has 6 nitrogen and oxygen atoms in total. The molecule has 0 aliphatic carbocycles. The second kappa shape index (κ2) is 13.7. The Morgan fingerprint density at radius 3 is 1.41 bits per heavy atom. The summed E-state index contributed by atoms with van der Waals surface area (Å²) in [6, 6.07) is 15.7. The number of rotatable bonds is 13. The van der Waals surface area contributed by atoms with Gasteiger partial charge in [0.05, 0.1) is 0 Å². The lowest BCUT2D eigenvalue weighted by Crippen LogP contribution is -2.15. The lowest BCUT2D eigenvalue weighted by atomic mass is 9.96. The summed E-state index contributed by atoms with van der Waals surface area (Å²) in [4.78, 5) is 28.3. The van der Waals surface area contributed by atoms with Crippen LogP contribution in [0.5, 0.6) is 0 Å². The van der Waals surface area contributed by atoms with Crippen LogP contribution in [0.2, 0.25) is 0 Å². The smallest absolute Gasteiger partial charge is 0.306 e. The van der Waals surface area contributed by atoms with E-state index in [2.05, 4.69) is 9.80 Å². The summed E-state index contributed by atoms with van der Waals surface area (Å²) in [6.45, 7) is 2.14. The van der Waals surface area contributed by atoms with Crippen LogP contribution in [0.1, 0.15) is 36.8 Å². The molecule has 2 aromatic carbocycles. The highest BCUT2D eigenvalue weighted by molar-refractivity contribution is 5.73. The Kier molecular flexibility index (Phi) is 10.9. The average Bonchev–Trinajstić information content (AvgIpc) is 2.76. The van der Waals surface area contributed by atoms with Gasteiger partial charge < -0.3 is 19.3 Å². The molecule has 2 aromatic rings. The number of esters is 2. The SMILES string of the molecule is CN(C)CCCC(=O)OCc1ccccc1-c1ccccc1COC(=O)CCCN(C)C. The van der Waals surface area contributed by atoms with Crippen LogP contribution in [-0.4, -0.2) is 63.0 Å². The van der Waals surface area contributed by atoms with Gasteiger partial charge in [-0.3, -0.25) is 9.59 Å². The summed E-state index contributed by atoms with van der Waals surface area (Å²) in [5.74, 6) is -0.386. The number of carbonyl (C=O) groups is 2. The second-order valence-electron chi connectivity index (χ2n) is 8.45. The largest absolute Gasteiger partial charge is 0.461 e. The van der Waals surface area contributed by atoms with E-state index in [9.17, 15) is 9.59 Å². The summed E-state index contributed by atoms with van der Waals surface area (Å²) in [7, 11) is 7.94. The van der Waals surface area contributed by atoms with Gasteiger partial charge in [0.25, 0.3) is 0 Å². The van der Waals surface area contributed by atoms with Crippen LogP contribution in [-0.2, 0) is 32.3 Å². The Labute approximate surface area is 192 Å². The van der Waals surface area contributed by atoms with Gasteiger partial charge in [0.15, 0.2) is 0 Å². The lowest BCUT2D eigenvalue weighted by Gasteiger charge is -2.15. The van der Waals surface area contributed by atoms with Crippen LogP contribution in [0.4, 0.5) is 0 Å². The first-order valence-electron chi connectivity index (χ1n) is 11.1. The standard InChI is InChI=1S/C26H36N2O4/c1-27(2)17-9-15-25(29)31-19-21-11-5-7-13-23(21)24-14-8-6-12-22(24)20-32-26(30)16-10-18-28(3)4/h5-8,11-14H,9-10,15-20H2,1-4H3. The monoisotopic (exact) mass is 440 g/mol. The Bertz CT molecular complexity index is 793. The van der Waals surface area contributed by atoms with Gasteiger partial charge in [-0.05, 0) is 76.4 Å². The van der Waals surface area contributed by atoms with Crippen molar-refractivity contribution in [3.05, 3.63) is 59.7 Å². The van der Waals surface area contributed by atoms with Crippen LogP contribution in [0.25, 0.3) is 11.1 Å². The van der Waals surface area contributed by atoms with Crippen molar-refractivity contribution in [2.75, 3.05) is 41.3 Å². The van der Waals surface area contributed by atoms with Crippen LogP contribution in [0.3, 0.4) is 0 Å². The molecular formula is C26H36N2O4. The summed E-state index contributed by atoms with van der Waals surface area (Å²) < 4.78 is 11.1. The molecule has 0 atom stereocenters. The van der Waals surface area contributed by atoms with Gasteiger partial charge in [0.2, 0.25) is 0 Å². The Hall–Kier alpha value is -2.70. The number of hydrogen-bond acceptors (Lipinski definition) is 6. The molecule has 174 valence electrons. The zero-order valence-corrected chi connectivity index (χ0v) is 19.8. The molecule has 0 radical (unpaired) electrons. The number of ether oxygens (including phenoxy) is 2. The third kappa shape index (κ3) is 9.20. The predicted octanol–water partition coefficient (Wildman–Crippen LogP) is 4.12. The van der Waals surface area contributed by atoms with Crippen molar-refractivity contribution < 1.29 is 19.1 Å². The molecule has 0 aliphatic heterocycles. The molecule has 0 heterocycles. The number of nitrogens with zero attached hydrogens (tertiary/aromatic N) is 2. The molecule has 0 unspecified atom stereocenters. The fourth-order valence-electron chi connectivity index (χ4n) is 3.36. The van der Waals surface area contributed by atoms with E-state index in [4.69, 9.17) is 9.47 Å². The van der Waals surface area contributed by atoms with Crippen molar-refractivity contribution in [2.45, 2.75) is 38.9 Å². The molecule has 32 heavy (non-hydrogen) atoms. The van der Waals surface area contributed by atoms with E-state index in [0.717, 1.165) is 48.2 Å². The van der Waals surface area contributed by atoms with Gasteiger partial charge in [-0.15, -0.1) is 0 Å². The van der Waals surface area contributed by atoms with Gasteiger partial charge in [0, 0.05) is 12.8 Å². The molecular weight excluding hydrogens is 404 g/mol. The first-order chi connectivity index (χ1) is 15.4. The first-order valence-corrected chi connectivity index (χ1v) is 11.1. The van der Waals surface area contributed by atoms with Crippen molar-refractivity contribution in [1.29, 1.82) is 0 Å². The molecule has 0 N–H and O–H groups in total. The Balaban J connectivity index is 2.01. The number of carbonyl (C=O) groups excluding carboxylic acids is 2. The molecule has 0 bridgehead atoms. The van der Waals surface area contributed by atoms with Gasteiger partial charge in [-0.25, -0.2) is 0 Å². The van der Waals surface area contributed by atoms with Crippen LogP contribution >= 0.6 is 0 Å². The van der Waals surface area contributed by atoms with Crippen LogP contribution in [0, 0.1) is 0 Å². The summed E-state index contributed by atoms with van der Waals surface area (Å²) in [6.07, 6.45) is 2.36. The highest BCUT2D eigenvalue weighted by Gasteiger charge is 2.13. The molecule has 0 saturated carbocycles. The number of benzene rings is 2. The van der Waals surface area contributed by atoms with E-state index in [-0.39, 0.29) is 25.2 Å². The van der Waals surface area contributed by atoms with Gasteiger partial charge in [-0.2, -0.15) is 0 Å². The van der Waals surface area contributed by atoms with Gasteiger partial charge in [0.1, 0.15) is 13.2 Å². The third-order valence-electron chi connectivity index (χ3n) is 5.07. The minimum atomic E-state index is -0.193. The van der Waals surface area contributed by atoms with Gasteiger partial charge in [-0.1, -0.05) is 48.5 Å². The predicted molar refractivity (Wildman–Crippen MR) is 127 cm³/mol. The summed E-state index contributed by atoms with van der Waals surface area (Å²) in [5.41, 5.74) is 3.82. The maximum absolute atomic E-state index is 12.1. The van der Waals surface area contributed by atoms with Crippen molar-refractivity contribution in [1.82, 2.24) is 9.80 Å². The van der Waals surface area contributed by atoms with E-state index in [1.807, 2.05) is 76.7 Å². The highest BCUT2D eigenvalue weighted by atomic mass is 16.5. The fourth-order valence-corrected chi connectivity index (χ4v) is 3.36. The molecule has 0 aliphatic rings. The molecule has 6 heteroatoms. The lowest BCUT2D eigenvalue weighted by molar-refractivity contribution is -0.146. The molecule has 0 spiro atoms. The fraction of sp³-hybridized carbons (Fsp3) is 0.462. The second-order valence-corrected chi connectivity index (χ2v) is 8.45. The highest BCUT2D eigenvalue weighted by Crippen LogP contribution is 2.28. The Morgan fingerprint density at radius 2 is 1.03 bits per heavy atom. The van der Waals surface area contributed by atoms with Crippen LogP contribution in [0.15, 0.2) is 48.5 Å². The normalized spacial score (nSPS) is 11.1. The van der Waals surface area contributed by atoms with E-state index in [0.29, 0.717) is 12.8 Å². The average molecular weight is 441 g/mol. The van der Waals surface area contributed by atoms with Crippen molar-refractivity contribution in [3.63, 3.8) is 0 Å². The first kappa shape index (κ1) is 25.6. The van der Waals surface area contributed by atoms with Crippen molar-refractivity contribution >= 4 is 11.9 Å².